The molecular formula is C20H25N3O3S. The van der Waals surface area contributed by atoms with Crippen molar-refractivity contribution in [3.8, 4) is 0 Å². The van der Waals surface area contributed by atoms with E-state index in [-0.39, 0.29) is 17.3 Å². The van der Waals surface area contributed by atoms with Gasteiger partial charge < -0.3 is 10.6 Å². The zero-order chi connectivity index (χ0) is 19.4. The number of hydrogen-bond acceptors (Lipinski definition) is 4. The molecule has 1 unspecified atom stereocenters. The van der Waals surface area contributed by atoms with Crippen molar-refractivity contribution in [1.29, 1.82) is 0 Å². The fourth-order valence-corrected chi connectivity index (χ4v) is 4.55. The smallest absolute Gasteiger partial charge is 0.253 e. The van der Waals surface area contributed by atoms with Gasteiger partial charge in [-0.15, -0.1) is 0 Å². The quantitative estimate of drug-likeness (QED) is 0.792. The van der Waals surface area contributed by atoms with Gasteiger partial charge in [0.25, 0.3) is 5.91 Å². The third-order valence-corrected chi connectivity index (χ3v) is 6.48. The molecule has 7 heteroatoms. The first-order valence-electron chi connectivity index (χ1n) is 9.04. The second kappa shape index (κ2) is 8.21. The minimum Gasteiger partial charge on any atom is -0.338 e. The van der Waals surface area contributed by atoms with E-state index in [0.29, 0.717) is 36.7 Å². The van der Waals surface area contributed by atoms with Gasteiger partial charge in [0.05, 0.1) is 4.90 Å². The summed E-state index contributed by atoms with van der Waals surface area (Å²) in [5.74, 6) is 0.167. The molecule has 1 amide bonds. The summed E-state index contributed by atoms with van der Waals surface area (Å²) in [5, 5.41) is 0. The second-order valence-electron chi connectivity index (χ2n) is 6.93. The summed E-state index contributed by atoms with van der Waals surface area (Å²) < 4.78 is 28.2. The first-order chi connectivity index (χ1) is 12.9. The lowest BCUT2D eigenvalue weighted by molar-refractivity contribution is 0.0787. The summed E-state index contributed by atoms with van der Waals surface area (Å²) >= 11 is 0. The second-order valence-corrected chi connectivity index (χ2v) is 8.67. The molecule has 6 nitrogen and oxygen atoms in total. The van der Waals surface area contributed by atoms with Crippen molar-refractivity contribution in [1.82, 2.24) is 9.62 Å². The molecular weight excluding hydrogens is 362 g/mol. The third kappa shape index (κ3) is 4.55. The number of carbonyl (C=O) groups is 1. The summed E-state index contributed by atoms with van der Waals surface area (Å²) in [6.45, 7) is 3.76. The molecule has 1 aliphatic heterocycles. The molecule has 0 saturated carbocycles. The van der Waals surface area contributed by atoms with E-state index in [9.17, 15) is 13.2 Å². The molecule has 27 heavy (non-hydrogen) atoms. The number of nitrogens with two attached hydrogens (primary N) is 1. The van der Waals surface area contributed by atoms with Crippen molar-refractivity contribution in [2.45, 2.75) is 24.8 Å². The molecule has 0 bridgehead atoms. The Bertz CT molecular complexity index is 913. The van der Waals surface area contributed by atoms with Crippen molar-refractivity contribution in [3.63, 3.8) is 0 Å². The average Bonchev–Trinajstić information content (AvgIpc) is 3.16. The highest BCUT2D eigenvalue weighted by Crippen LogP contribution is 2.22. The molecule has 0 radical (unpaired) electrons. The van der Waals surface area contributed by atoms with Gasteiger partial charge in [-0.05, 0) is 49.1 Å². The highest BCUT2D eigenvalue weighted by Gasteiger charge is 2.27. The van der Waals surface area contributed by atoms with E-state index in [1.807, 2.05) is 30.3 Å². The molecule has 1 saturated heterocycles. The van der Waals surface area contributed by atoms with Crippen LogP contribution in [-0.4, -0.2) is 38.9 Å². The SMILES string of the molecule is Cc1ccc(C(=O)N2CCC(CN)C2)cc1S(=O)(=O)NCc1ccccc1. The fourth-order valence-electron chi connectivity index (χ4n) is 3.27. The average molecular weight is 388 g/mol. The standard InChI is InChI=1S/C20H25N3O3S/c1-15-7-8-18(20(24)23-10-9-17(12-21)14-23)11-19(15)27(25,26)22-13-16-5-3-2-4-6-16/h2-8,11,17,22H,9-10,12-14,21H2,1H3. The van der Waals surface area contributed by atoms with Crippen molar-refractivity contribution >= 4 is 15.9 Å². The van der Waals surface area contributed by atoms with Crippen LogP contribution < -0.4 is 10.5 Å². The van der Waals surface area contributed by atoms with E-state index >= 15 is 0 Å². The predicted octanol–water partition coefficient (Wildman–Crippen LogP) is 1.89. The van der Waals surface area contributed by atoms with Crippen molar-refractivity contribution in [2.75, 3.05) is 19.6 Å². The van der Waals surface area contributed by atoms with Crippen LogP contribution in [0.3, 0.4) is 0 Å². The van der Waals surface area contributed by atoms with Crippen LogP contribution in [0.2, 0.25) is 0 Å². The normalized spacial score (nSPS) is 17.3. The summed E-state index contributed by atoms with van der Waals surface area (Å²) in [5.41, 5.74) is 7.56. The molecule has 144 valence electrons. The van der Waals surface area contributed by atoms with Crippen molar-refractivity contribution in [2.24, 2.45) is 11.7 Å². The largest absolute Gasteiger partial charge is 0.338 e. The molecule has 0 aromatic heterocycles. The first-order valence-corrected chi connectivity index (χ1v) is 10.5. The van der Waals surface area contributed by atoms with Crippen LogP contribution in [-0.2, 0) is 16.6 Å². The van der Waals surface area contributed by atoms with Gasteiger partial charge in [-0.2, -0.15) is 0 Å². The Morgan fingerprint density at radius 1 is 1.22 bits per heavy atom. The molecule has 2 aromatic carbocycles. The molecule has 1 atom stereocenters. The fraction of sp³-hybridized carbons (Fsp3) is 0.350. The number of nitrogens with one attached hydrogen (secondary N) is 1. The van der Waals surface area contributed by atoms with Crippen LogP contribution in [0.25, 0.3) is 0 Å². The van der Waals surface area contributed by atoms with Gasteiger partial charge in [0.2, 0.25) is 10.0 Å². The van der Waals surface area contributed by atoms with Gasteiger partial charge in [-0.3, -0.25) is 4.79 Å². The van der Waals surface area contributed by atoms with E-state index < -0.39 is 10.0 Å². The van der Waals surface area contributed by atoms with Crippen molar-refractivity contribution in [3.05, 3.63) is 65.2 Å². The zero-order valence-corrected chi connectivity index (χ0v) is 16.2. The van der Waals surface area contributed by atoms with Gasteiger partial charge in [-0.1, -0.05) is 36.4 Å². The molecule has 0 spiro atoms. The van der Waals surface area contributed by atoms with Gasteiger partial charge in [-0.25, -0.2) is 13.1 Å². The first kappa shape index (κ1) is 19.5. The topological polar surface area (TPSA) is 92.5 Å². The molecule has 1 fully saturated rings. The van der Waals surface area contributed by atoms with Gasteiger partial charge >= 0.3 is 0 Å². The van der Waals surface area contributed by atoms with Crippen LogP contribution in [0.15, 0.2) is 53.4 Å². The zero-order valence-electron chi connectivity index (χ0n) is 15.4. The summed E-state index contributed by atoms with van der Waals surface area (Å²) in [4.78, 5) is 14.6. The highest BCUT2D eigenvalue weighted by molar-refractivity contribution is 7.89. The maximum atomic E-state index is 12.8. The Morgan fingerprint density at radius 3 is 2.63 bits per heavy atom. The van der Waals surface area contributed by atoms with E-state index in [4.69, 9.17) is 5.73 Å². The molecule has 3 rings (SSSR count). The Balaban J connectivity index is 1.79. The highest BCUT2D eigenvalue weighted by atomic mass is 32.2. The maximum absolute atomic E-state index is 12.8. The Labute approximate surface area is 160 Å². The lowest BCUT2D eigenvalue weighted by Gasteiger charge is -2.17. The van der Waals surface area contributed by atoms with E-state index in [1.54, 1.807) is 24.0 Å². The van der Waals surface area contributed by atoms with Crippen LogP contribution in [0.1, 0.15) is 27.9 Å². The number of rotatable bonds is 6. The molecule has 1 heterocycles. The minimum atomic E-state index is -3.72. The number of aryl methyl sites for hydroxylation is 1. The molecule has 0 aliphatic carbocycles. The summed E-state index contributed by atoms with van der Waals surface area (Å²) in [6, 6.07) is 14.2. The van der Waals surface area contributed by atoms with Crippen LogP contribution in [0, 0.1) is 12.8 Å². The number of benzene rings is 2. The lowest BCUT2D eigenvalue weighted by Crippen LogP contribution is -2.30. The molecule has 2 aromatic rings. The predicted molar refractivity (Wildman–Crippen MR) is 105 cm³/mol. The monoisotopic (exact) mass is 387 g/mol. The van der Waals surface area contributed by atoms with E-state index in [0.717, 1.165) is 12.0 Å². The Kier molecular flexibility index (Phi) is 5.94. The summed E-state index contributed by atoms with van der Waals surface area (Å²) in [6.07, 6.45) is 0.887. The van der Waals surface area contributed by atoms with Crippen LogP contribution >= 0.6 is 0 Å². The Morgan fingerprint density at radius 2 is 1.96 bits per heavy atom. The number of likely N-dealkylation sites (tertiary alicyclic amines) is 1. The van der Waals surface area contributed by atoms with Gasteiger partial charge in [0, 0.05) is 25.2 Å². The maximum Gasteiger partial charge on any atom is 0.253 e. The third-order valence-electron chi connectivity index (χ3n) is 4.94. The van der Waals surface area contributed by atoms with Gasteiger partial charge in [0.1, 0.15) is 0 Å². The number of amides is 1. The van der Waals surface area contributed by atoms with E-state index in [1.165, 1.54) is 6.07 Å². The number of hydrogen-bond donors (Lipinski definition) is 2. The minimum absolute atomic E-state index is 0.138. The van der Waals surface area contributed by atoms with Gasteiger partial charge in [0.15, 0.2) is 0 Å². The lowest BCUT2D eigenvalue weighted by atomic mass is 10.1. The molecule has 1 aliphatic rings. The van der Waals surface area contributed by atoms with Crippen molar-refractivity contribution < 1.29 is 13.2 Å². The number of sulfonamides is 1. The van der Waals surface area contributed by atoms with E-state index in [2.05, 4.69) is 4.72 Å². The Hall–Kier alpha value is -2.22. The number of nitrogens with zero attached hydrogens (tertiary/aromatic N) is 1. The number of carbonyl (C=O) groups excluding carboxylic acids is 1. The molecule has 3 N–H and O–H groups in total. The van der Waals surface area contributed by atoms with Crippen LogP contribution in [0.5, 0.6) is 0 Å². The van der Waals surface area contributed by atoms with Crippen LogP contribution in [0.4, 0.5) is 0 Å². The summed E-state index contributed by atoms with van der Waals surface area (Å²) in [7, 11) is -3.72.